The van der Waals surface area contributed by atoms with Crippen LogP contribution in [0.2, 0.25) is 0 Å². The Hall–Kier alpha value is -1.06. The molecule has 1 aromatic rings. The molecule has 0 bridgehead atoms. The van der Waals surface area contributed by atoms with E-state index >= 15 is 0 Å². The molecule has 0 aliphatic heterocycles. The van der Waals surface area contributed by atoms with Gasteiger partial charge in [-0.1, -0.05) is 6.08 Å². The van der Waals surface area contributed by atoms with Crippen LogP contribution >= 0.6 is 0 Å². The fourth-order valence-corrected chi connectivity index (χ4v) is 1.76. The van der Waals surface area contributed by atoms with Gasteiger partial charge in [-0.05, 0) is 40.8 Å². The second-order valence-corrected chi connectivity index (χ2v) is 5.88. The molecule has 3 heteroatoms. The number of hydrogen-bond donors (Lipinski definition) is 1. The summed E-state index contributed by atoms with van der Waals surface area (Å²) in [6.07, 6.45) is 1.91. The third-order valence-corrected chi connectivity index (χ3v) is 2.75. The van der Waals surface area contributed by atoms with Crippen molar-refractivity contribution in [2.75, 3.05) is 13.6 Å². The number of nitrogens with zero attached hydrogens (tertiary/aromatic N) is 1. The minimum atomic E-state index is 0.112. The first-order valence-corrected chi connectivity index (χ1v) is 6.44. The first-order valence-electron chi connectivity index (χ1n) is 6.44. The van der Waals surface area contributed by atoms with Gasteiger partial charge in [0.15, 0.2) is 0 Å². The lowest BCUT2D eigenvalue weighted by atomic mass is 10.1. The summed E-state index contributed by atoms with van der Waals surface area (Å²) >= 11 is 0. The van der Waals surface area contributed by atoms with Gasteiger partial charge in [-0.15, -0.1) is 6.58 Å². The van der Waals surface area contributed by atoms with Crippen LogP contribution in [-0.2, 0) is 13.1 Å². The van der Waals surface area contributed by atoms with Gasteiger partial charge in [0.1, 0.15) is 11.5 Å². The van der Waals surface area contributed by atoms with E-state index in [1.165, 1.54) is 5.56 Å². The Bertz CT molecular complexity index is 388. The molecule has 0 saturated carbocycles. The molecule has 18 heavy (non-hydrogen) atoms. The summed E-state index contributed by atoms with van der Waals surface area (Å²) < 4.78 is 5.77. The molecule has 0 aliphatic rings. The van der Waals surface area contributed by atoms with Gasteiger partial charge in [0.25, 0.3) is 0 Å². The highest BCUT2D eigenvalue weighted by atomic mass is 16.3. The summed E-state index contributed by atoms with van der Waals surface area (Å²) in [4.78, 5) is 2.21. The highest BCUT2D eigenvalue weighted by Gasteiger charge is 2.12. The molecule has 0 unspecified atom stereocenters. The van der Waals surface area contributed by atoms with Crippen LogP contribution in [0.25, 0.3) is 0 Å². The molecule has 0 aliphatic carbocycles. The van der Waals surface area contributed by atoms with Crippen molar-refractivity contribution < 1.29 is 4.42 Å². The van der Waals surface area contributed by atoms with Gasteiger partial charge < -0.3 is 9.73 Å². The van der Waals surface area contributed by atoms with Gasteiger partial charge in [0, 0.05) is 24.2 Å². The van der Waals surface area contributed by atoms with E-state index in [1.807, 2.05) is 13.0 Å². The molecule has 1 aromatic heterocycles. The largest absolute Gasteiger partial charge is 0.465 e. The maximum absolute atomic E-state index is 5.77. The van der Waals surface area contributed by atoms with Gasteiger partial charge in [-0.25, -0.2) is 0 Å². The molecular weight excluding hydrogens is 224 g/mol. The van der Waals surface area contributed by atoms with Crippen LogP contribution in [-0.4, -0.2) is 24.0 Å². The van der Waals surface area contributed by atoms with Crippen LogP contribution in [0.1, 0.15) is 37.9 Å². The molecule has 3 nitrogen and oxygen atoms in total. The molecule has 1 heterocycles. The molecular formula is C15H26N2O. The fourth-order valence-electron chi connectivity index (χ4n) is 1.76. The van der Waals surface area contributed by atoms with Crippen molar-refractivity contribution in [3.05, 3.63) is 35.8 Å². The number of hydrogen-bond acceptors (Lipinski definition) is 3. The first kappa shape index (κ1) is 15.0. The Morgan fingerprint density at radius 1 is 1.44 bits per heavy atom. The summed E-state index contributed by atoms with van der Waals surface area (Å²) in [5, 5.41) is 3.43. The van der Waals surface area contributed by atoms with E-state index in [9.17, 15) is 0 Å². The van der Waals surface area contributed by atoms with E-state index in [0.717, 1.165) is 31.2 Å². The Kier molecular flexibility index (Phi) is 5.17. The van der Waals surface area contributed by atoms with Gasteiger partial charge in [0.05, 0.1) is 6.54 Å². The lowest BCUT2D eigenvalue weighted by molar-refractivity contribution is 0.357. The minimum Gasteiger partial charge on any atom is -0.465 e. The maximum atomic E-state index is 5.77. The summed E-state index contributed by atoms with van der Waals surface area (Å²) in [5.74, 6) is 2.01. The van der Waals surface area contributed by atoms with Crippen molar-refractivity contribution in [1.29, 1.82) is 0 Å². The molecule has 0 fully saturated rings. The lowest BCUT2D eigenvalue weighted by Gasteiger charge is -2.19. The van der Waals surface area contributed by atoms with Crippen LogP contribution < -0.4 is 5.32 Å². The summed E-state index contributed by atoms with van der Waals surface area (Å²) in [6, 6.07) is 2.15. The van der Waals surface area contributed by atoms with Crippen molar-refractivity contribution in [2.45, 2.75) is 46.3 Å². The van der Waals surface area contributed by atoms with Gasteiger partial charge >= 0.3 is 0 Å². The third-order valence-electron chi connectivity index (χ3n) is 2.75. The molecule has 0 amide bonds. The lowest BCUT2D eigenvalue weighted by Crippen LogP contribution is -2.34. The number of nitrogens with one attached hydrogen (secondary N) is 1. The van der Waals surface area contributed by atoms with Crippen molar-refractivity contribution in [3.8, 4) is 0 Å². The summed E-state index contributed by atoms with van der Waals surface area (Å²) in [7, 11) is 2.08. The number of likely N-dealkylation sites (N-methyl/N-ethyl adjacent to an activating group) is 1. The maximum Gasteiger partial charge on any atom is 0.118 e. The predicted molar refractivity (Wildman–Crippen MR) is 76.6 cm³/mol. The van der Waals surface area contributed by atoms with Crippen molar-refractivity contribution >= 4 is 0 Å². The predicted octanol–water partition coefficient (Wildman–Crippen LogP) is 3.09. The fraction of sp³-hybridized carbons (Fsp3) is 0.600. The van der Waals surface area contributed by atoms with E-state index in [1.54, 1.807) is 0 Å². The highest BCUT2D eigenvalue weighted by Crippen LogP contribution is 2.17. The van der Waals surface area contributed by atoms with Gasteiger partial charge in [-0.3, -0.25) is 4.90 Å². The van der Waals surface area contributed by atoms with Crippen molar-refractivity contribution in [3.63, 3.8) is 0 Å². The monoisotopic (exact) mass is 250 g/mol. The minimum absolute atomic E-state index is 0.112. The quantitative estimate of drug-likeness (QED) is 0.786. The first-order chi connectivity index (χ1) is 8.31. The molecule has 0 saturated heterocycles. The molecule has 102 valence electrons. The van der Waals surface area contributed by atoms with Crippen LogP contribution in [0, 0.1) is 6.92 Å². The SMILES string of the molecule is C=CCN(C)Cc1cc(CNC(C)(C)C)oc1C. The topological polar surface area (TPSA) is 28.4 Å². The van der Waals surface area contributed by atoms with Crippen molar-refractivity contribution in [2.24, 2.45) is 0 Å². The summed E-state index contributed by atoms with van der Waals surface area (Å²) in [6.45, 7) is 14.8. The number of rotatable bonds is 6. The summed E-state index contributed by atoms with van der Waals surface area (Å²) in [5.41, 5.74) is 1.37. The normalized spacial score (nSPS) is 12.1. The number of furan rings is 1. The van der Waals surface area contributed by atoms with E-state index in [-0.39, 0.29) is 5.54 Å². The number of aryl methyl sites for hydroxylation is 1. The van der Waals surface area contributed by atoms with Crippen LogP contribution in [0.5, 0.6) is 0 Å². The van der Waals surface area contributed by atoms with E-state index in [4.69, 9.17) is 4.42 Å². The van der Waals surface area contributed by atoms with E-state index < -0.39 is 0 Å². The molecule has 0 aromatic carbocycles. The third kappa shape index (κ3) is 5.07. The van der Waals surface area contributed by atoms with Gasteiger partial charge in [0.2, 0.25) is 0 Å². The molecule has 0 atom stereocenters. The van der Waals surface area contributed by atoms with Crippen LogP contribution in [0.3, 0.4) is 0 Å². The Balaban J connectivity index is 2.61. The Morgan fingerprint density at radius 2 is 2.11 bits per heavy atom. The second kappa shape index (κ2) is 6.21. The average Bonchev–Trinajstić information content (AvgIpc) is 2.56. The highest BCUT2D eigenvalue weighted by molar-refractivity contribution is 5.20. The van der Waals surface area contributed by atoms with E-state index in [0.29, 0.717) is 0 Å². The molecule has 0 radical (unpaired) electrons. The molecule has 1 rings (SSSR count). The van der Waals surface area contributed by atoms with Crippen LogP contribution in [0.15, 0.2) is 23.1 Å². The standard InChI is InChI=1S/C15H26N2O/c1-7-8-17(6)11-13-9-14(18-12(13)2)10-16-15(3,4)5/h7,9,16H,1,8,10-11H2,2-6H3. The zero-order valence-electron chi connectivity index (χ0n) is 12.3. The smallest absolute Gasteiger partial charge is 0.118 e. The zero-order valence-corrected chi connectivity index (χ0v) is 12.3. The molecule has 1 N–H and O–H groups in total. The Labute approximate surface area is 111 Å². The zero-order chi connectivity index (χ0) is 13.8. The second-order valence-electron chi connectivity index (χ2n) is 5.88. The van der Waals surface area contributed by atoms with E-state index in [2.05, 4.69) is 50.7 Å². The van der Waals surface area contributed by atoms with Crippen LogP contribution in [0.4, 0.5) is 0 Å². The Morgan fingerprint density at radius 3 is 2.67 bits per heavy atom. The van der Waals surface area contributed by atoms with Crippen molar-refractivity contribution in [1.82, 2.24) is 10.2 Å². The molecule has 0 spiro atoms. The average molecular weight is 250 g/mol. The van der Waals surface area contributed by atoms with Gasteiger partial charge in [-0.2, -0.15) is 0 Å².